The van der Waals surface area contributed by atoms with E-state index in [2.05, 4.69) is 10.6 Å². The zero-order valence-electron chi connectivity index (χ0n) is 9.34. The fourth-order valence-corrected chi connectivity index (χ4v) is 2.60. The van der Waals surface area contributed by atoms with Crippen molar-refractivity contribution in [2.24, 2.45) is 0 Å². The quantitative estimate of drug-likeness (QED) is 0.662. The average molecular weight is 212 g/mol. The minimum absolute atomic E-state index is 0.0627. The fraction of sp³-hybridized carbons (Fsp3) is 0.909. The van der Waals surface area contributed by atoms with Crippen LogP contribution in [0, 0.1) is 0 Å². The van der Waals surface area contributed by atoms with Crippen molar-refractivity contribution in [1.82, 2.24) is 10.6 Å². The summed E-state index contributed by atoms with van der Waals surface area (Å²) in [4.78, 5) is 10.9. The lowest BCUT2D eigenvalue weighted by molar-refractivity contribution is -0.121. The van der Waals surface area contributed by atoms with Gasteiger partial charge in [-0.25, -0.2) is 0 Å². The van der Waals surface area contributed by atoms with E-state index in [0.29, 0.717) is 6.04 Å². The predicted octanol–water partition coefficient (Wildman–Crippen LogP) is 0.424. The van der Waals surface area contributed by atoms with Crippen molar-refractivity contribution in [1.29, 1.82) is 0 Å². The number of morpholine rings is 1. The molecule has 0 aromatic heterocycles. The Bertz CT molecular complexity index is 227. The first-order valence-electron chi connectivity index (χ1n) is 5.82. The Morgan fingerprint density at radius 1 is 1.47 bits per heavy atom. The van der Waals surface area contributed by atoms with E-state index in [1.165, 1.54) is 0 Å². The molecular weight excluding hydrogens is 192 g/mol. The number of hydrogen-bond donors (Lipinski definition) is 2. The second-order valence-electron chi connectivity index (χ2n) is 4.68. The van der Waals surface area contributed by atoms with E-state index in [4.69, 9.17) is 4.74 Å². The molecule has 1 saturated carbocycles. The maximum atomic E-state index is 10.9. The van der Waals surface area contributed by atoms with Crippen LogP contribution in [0.5, 0.6) is 0 Å². The van der Waals surface area contributed by atoms with Crippen LogP contribution in [0.15, 0.2) is 0 Å². The first-order valence-corrected chi connectivity index (χ1v) is 5.82. The van der Waals surface area contributed by atoms with E-state index in [0.717, 1.165) is 45.4 Å². The van der Waals surface area contributed by atoms with Crippen molar-refractivity contribution in [2.75, 3.05) is 19.7 Å². The number of amides is 1. The van der Waals surface area contributed by atoms with Crippen LogP contribution >= 0.6 is 0 Å². The molecule has 1 spiro atoms. The minimum atomic E-state index is 0.0627. The highest BCUT2D eigenvalue weighted by Gasteiger charge is 2.37. The molecule has 2 rings (SSSR count). The molecule has 1 heterocycles. The third-order valence-electron chi connectivity index (χ3n) is 3.44. The summed E-state index contributed by atoms with van der Waals surface area (Å²) in [6.07, 6.45) is 4.21. The Morgan fingerprint density at radius 3 is 2.73 bits per heavy atom. The first-order chi connectivity index (χ1) is 7.20. The zero-order chi connectivity index (χ0) is 10.7. The molecule has 0 radical (unpaired) electrons. The summed E-state index contributed by atoms with van der Waals surface area (Å²) in [7, 11) is 0. The van der Waals surface area contributed by atoms with Crippen LogP contribution in [-0.4, -0.2) is 37.2 Å². The summed E-state index contributed by atoms with van der Waals surface area (Å²) in [5.41, 5.74) is 0.0627. The summed E-state index contributed by atoms with van der Waals surface area (Å²) in [5, 5.41) is 6.38. The predicted molar refractivity (Wildman–Crippen MR) is 57.6 cm³/mol. The van der Waals surface area contributed by atoms with Crippen molar-refractivity contribution in [3.8, 4) is 0 Å². The molecule has 0 atom stereocenters. The third kappa shape index (κ3) is 2.69. The van der Waals surface area contributed by atoms with Gasteiger partial charge in [0.1, 0.15) is 0 Å². The lowest BCUT2D eigenvalue weighted by atomic mass is 9.81. The van der Waals surface area contributed by atoms with E-state index in [-0.39, 0.29) is 11.5 Å². The van der Waals surface area contributed by atoms with E-state index in [9.17, 15) is 4.79 Å². The Balaban J connectivity index is 1.82. The van der Waals surface area contributed by atoms with Gasteiger partial charge in [-0.1, -0.05) is 0 Å². The van der Waals surface area contributed by atoms with Gasteiger partial charge in [0.25, 0.3) is 0 Å². The van der Waals surface area contributed by atoms with Crippen LogP contribution < -0.4 is 10.6 Å². The van der Waals surface area contributed by atoms with Crippen LogP contribution in [0.1, 0.15) is 32.6 Å². The van der Waals surface area contributed by atoms with Crippen molar-refractivity contribution in [3.05, 3.63) is 0 Å². The van der Waals surface area contributed by atoms with Gasteiger partial charge in [0.05, 0.1) is 12.2 Å². The third-order valence-corrected chi connectivity index (χ3v) is 3.44. The monoisotopic (exact) mass is 212 g/mol. The van der Waals surface area contributed by atoms with Crippen molar-refractivity contribution < 1.29 is 9.53 Å². The largest absolute Gasteiger partial charge is 0.372 e. The lowest BCUT2D eigenvalue weighted by Gasteiger charge is -2.42. The second kappa shape index (κ2) is 4.49. The van der Waals surface area contributed by atoms with Gasteiger partial charge >= 0.3 is 0 Å². The van der Waals surface area contributed by atoms with Gasteiger partial charge in [-0.05, 0) is 25.7 Å². The molecule has 1 aliphatic heterocycles. The van der Waals surface area contributed by atoms with Crippen LogP contribution in [0.2, 0.25) is 0 Å². The maximum Gasteiger partial charge on any atom is 0.217 e. The molecule has 0 aromatic rings. The molecule has 0 aromatic carbocycles. The van der Waals surface area contributed by atoms with E-state index in [1.54, 1.807) is 6.92 Å². The fourth-order valence-electron chi connectivity index (χ4n) is 2.60. The Morgan fingerprint density at radius 2 is 2.20 bits per heavy atom. The summed E-state index contributed by atoms with van der Waals surface area (Å²) < 4.78 is 5.88. The van der Waals surface area contributed by atoms with E-state index < -0.39 is 0 Å². The molecule has 0 unspecified atom stereocenters. The standard InChI is InChI=1S/C11H20N2O2/c1-9(14)13-10-2-4-11(5-3-10)8-12-6-7-15-11/h10,12H,2-8H2,1H3,(H,13,14). The normalized spacial score (nSPS) is 36.5. The number of carbonyl (C=O) groups is 1. The van der Waals surface area contributed by atoms with Gasteiger partial charge < -0.3 is 15.4 Å². The van der Waals surface area contributed by atoms with Gasteiger partial charge in [-0.2, -0.15) is 0 Å². The highest BCUT2D eigenvalue weighted by atomic mass is 16.5. The van der Waals surface area contributed by atoms with Crippen LogP contribution in [0.4, 0.5) is 0 Å². The Labute approximate surface area is 90.8 Å². The van der Waals surface area contributed by atoms with Crippen LogP contribution in [0.25, 0.3) is 0 Å². The van der Waals surface area contributed by atoms with Crippen LogP contribution in [-0.2, 0) is 9.53 Å². The SMILES string of the molecule is CC(=O)NC1CCC2(CC1)CNCCO2. The molecule has 0 bridgehead atoms. The smallest absolute Gasteiger partial charge is 0.217 e. The molecule has 86 valence electrons. The van der Waals surface area contributed by atoms with Crippen molar-refractivity contribution >= 4 is 5.91 Å². The van der Waals surface area contributed by atoms with Crippen molar-refractivity contribution in [3.63, 3.8) is 0 Å². The maximum absolute atomic E-state index is 10.9. The molecule has 4 nitrogen and oxygen atoms in total. The molecule has 15 heavy (non-hydrogen) atoms. The summed E-state index contributed by atoms with van der Waals surface area (Å²) in [6, 6.07) is 0.360. The van der Waals surface area contributed by atoms with Gasteiger partial charge in [0, 0.05) is 26.1 Å². The summed E-state index contributed by atoms with van der Waals surface area (Å²) in [5.74, 6) is 0.0821. The average Bonchev–Trinajstić information content (AvgIpc) is 2.23. The van der Waals surface area contributed by atoms with E-state index >= 15 is 0 Å². The summed E-state index contributed by atoms with van der Waals surface area (Å²) >= 11 is 0. The molecule has 2 aliphatic rings. The second-order valence-corrected chi connectivity index (χ2v) is 4.68. The zero-order valence-corrected chi connectivity index (χ0v) is 9.34. The molecule has 1 saturated heterocycles. The molecule has 4 heteroatoms. The van der Waals surface area contributed by atoms with Gasteiger partial charge in [-0.3, -0.25) is 4.79 Å². The summed E-state index contributed by atoms with van der Waals surface area (Å²) in [6.45, 7) is 4.35. The minimum Gasteiger partial charge on any atom is -0.372 e. The first kappa shape index (κ1) is 10.9. The van der Waals surface area contributed by atoms with Gasteiger partial charge in [0.2, 0.25) is 5.91 Å². The number of ether oxygens (including phenoxy) is 1. The topological polar surface area (TPSA) is 50.4 Å². The number of hydrogen-bond acceptors (Lipinski definition) is 3. The number of rotatable bonds is 1. The molecule has 2 N–H and O–H groups in total. The highest BCUT2D eigenvalue weighted by Crippen LogP contribution is 2.32. The van der Waals surface area contributed by atoms with Gasteiger partial charge in [-0.15, -0.1) is 0 Å². The van der Waals surface area contributed by atoms with E-state index in [1.807, 2.05) is 0 Å². The highest BCUT2D eigenvalue weighted by molar-refractivity contribution is 5.73. The molecular formula is C11H20N2O2. The Kier molecular flexibility index (Phi) is 3.26. The number of carbonyl (C=O) groups excluding carboxylic acids is 1. The Hall–Kier alpha value is -0.610. The molecule has 1 amide bonds. The molecule has 2 fully saturated rings. The number of nitrogens with one attached hydrogen (secondary N) is 2. The molecule has 1 aliphatic carbocycles. The van der Waals surface area contributed by atoms with Crippen LogP contribution in [0.3, 0.4) is 0 Å². The van der Waals surface area contributed by atoms with Crippen molar-refractivity contribution in [2.45, 2.75) is 44.2 Å². The van der Waals surface area contributed by atoms with Gasteiger partial charge in [0.15, 0.2) is 0 Å². The lowest BCUT2D eigenvalue weighted by Crippen LogP contribution is -2.53.